The molecule has 0 bridgehead atoms. The van der Waals surface area contributed by atoms with E-state index in [-0.39, 0.29) is 17.7 Å². The molecule has 0 radical (unpaired) electrons. The molecule has 3 aliphatic heterocycles. The summed E-state index contributed by atoms with van der Waals surface area (Å²) in [5.41, 5.74) is 3.05. The summed E-state index contributed by atoms with van der Waals surface area (Å²) in [4.78, 5) is 29.1. The van der Waals surface area contributed by atoms with Crippen molar-refractivity contribution in [2.24, 2.45) is 18.9 Å². The number of nitrogens with zero attached hydrogens (tertiary/aromatic N) is 4. The Bertz CT molecular complexity index is 1010. The second-order valence-electron chi connectivity index (χ2n) is 9.70. The highest BCUT2D eigenvalue weighted by Gasteiger charge is 2.32. The lowest BCUT2D eigenvalue weighted by Gasteiger charge is -2.40. The van der Waals surface area contributed by atoms with E-state index in [1.807, 2.05) is 11.7 Å². The normalized spacial score (nSPS) is 27.7. The minimum Gasteiger partial charge on any atom is -0.367 e. The average Bonchev–Trinajstić information content (AvgIpc) is 3.12. The summed E-state index contributed by atoms with van der Waals surface area (Å²) in [5, 5.41) is 11.7. The van der Waals surface area contributed by atoms with E-state index in [1.54, 1.807) is 0 Å². The molecule has 5 rings (SSSR count). The lowest BCUT2D eigenvalue weighted by molar-refractivity contribution is -0.134. The number of anilines is 1. The van der Waals surface area contributed by atoms with Gasteiger partial charge >= 0.3 is 0 Å². The third-order valence-corrected chi connectivity index (χ3v) is 7.61. The van der Waals surface area contributed by atoms with E-state index < -0.39 is 0 Å². The van der Waals surface area contributed by atoms with Gasteiger partial charge in [-0.05, 0) is 43.8 Å². The number of aromatic nitrogens is 2. The molecule has 8 heteroatoms. The van der Waals surface area contributed by atoms with Gasteiger partial charge in [0.2, 0.25) is 11.8 Å². The smallest absolute Gasteiger partial charge is 0.235 e. The van der Waals surface area contributed by atoms with Gasteiger partial charge in [-0.3, -0.25) is 24.5 Å². The third kappa shape index (κ3) is 4.01. The Morgan fingerprint density at radius 2 is 1.94 bits per heavy atom. The van der Waals surface area contributed by atoms with Crippen LogP contribution in [0.5, 0.6) is 0 Å². The maximum atomic E-state index is 12.5. The van der Waals surface area contributed by atoms with E-state index in [1.165, 1.54) is 18.7 Å². The molecule has 4 heterocycles. The van der Waals surface area contributed by atoms with Crippen LogP contribution in [-0.2, 0) is 16.6 Å². The number of carbonyl (C=O) groups is 2. The van der Waals surface area contributed by atoms with Crippen LogP contribution < -0.4 is 15.5 Å². The van der Waals surface area contributed by atoms with Crippen LogP contribution in [0.4, 0.5) is 5.69 Å². The molecule has 1 aromatic heterocycles. The van der Waals surface area contributed by atoms with Crippen molar-refractivity contribution in [2.75, 3.05) is 50.7 Å². The van der Waals surface area contributed by atoms with Crippen LogP contribution in [0.2, 0.25) is 0 Å². The van der Waals surface area contributed by atoms with Gasteiger partial charge < -0.3 is 10.2 Å². The molecule has 3 saturated heterocycles. The lowest BCUT2D eigenvalue weighted by atomic mass is 9.87. The molecule has 0 spiro atoms. The Labute approximate surface area is 189 Å². The van der Waals surface area contributed by atoms with Gasteiger partial charge in [-0.15, -0.1) is 0 Å². The molecule has 3 fully saturated rings. The summed E-state index contributed by atoms with van der Waals surface area (Å²) in [6, 6.07) is 6.29. The molecule has 1 unspecified atom stereocenters. The molecule has 1 aromatic carbocycles. The predicted molar refractivity (Wildman–Crippen MR) is 125 cm³/mol. The number of nitrogens with one attached hydrogen (secondary N) is 2. The number of imide groups is 1. The quantitative estimate of drug-likeness (QED) is 0.704. The fourth-order valence-electron chi connectivity index (χ4n) is 5.65. The number of rotatable bonds is 4. The molecular weight excluding hydrogens is 404 g/mol. The number of para-hydroxylation sites is 1. The summed E-state index contributed by atoms with van der Waals surface area (Å²) in [6.45, 7) is 10.0. The Hall–Kier alpha value is -2.45. The van der Waals surface area contributed by atoms with Crippen molar-refractivity contribution < 1.29 is 9.59 Å². The van der Waals surface area contributed by atoms with Crippen LogP contribution in [0, 0.1) is 11.8 Å². The summed E-state index contributed by atoms with van der Waals surface area (Å²) in [5.74, 6) is 0.752. The first-order chi connectivity index (χ1) is 15.5. The first-order valence-corrected chi connectivity index (χ1v) is 12.0. The molecule has 2 amide bonds. The molecule has 3 aliphatic rings. The van der Waals surface area contributed by atoms with Crippen LogP contribution in [0.1, 0.15) is 37.8 Å². The standard InChI is InChI=1S/C24H34N6O2/c1-16-14-25-9-8-17(16)15-29-10-12-30(13-11-29)20-5-3-4-18-22(27-28(2)23(18)20)19-6-7-21(31)26-24(19)32/h3-5,16-17,19,25H,6-15H2,1-2H3,(H,26,31,32)/t16-,17+,19?/m1/s1. The highest BCUT2D eigenvalue weighted by atomic mass is 16.2. The maximum absolute atomic E-state index is 12.5. The molecule has 0 aliphatic carbocycles. The molecular formula is C24H34N6O2. The van der Waals surface area contributed by atoms with Crippen molar-refractivity contribution in [3.63, 3.8) is 0 Å². The van der Waals surface area contributed by atoms with Crippen molar-refractivity contribution in [2.45, 2.75) is 32.1 Å². The van der Waals surface area contributed by atoms with E-state index in [9.17, 15) is 9.59 Å². The van der Waals surface area contributed by atoms with Crippen molar-refractivity contribution in [3.8, 4) is 0 Å². The predicted octanol–water partition coefficient (Wildman–Crippen LogP) is 1.46. The number of fused-ring (bicyclic) bond motifs is 1. The Balaban J connectivity index is 1.33. The topological polar surface area (TPSA) is 82.5 Å². The van der Waals surface area contributed by atoms with Crippen molar-refractivity contribution in [1.29, 1.82) is 0 Å². The number of piperazine rings is 1. The van der Waals surface area contributed by atoms with Crippen molar-refractivity contribution in [3.05, 3.63) is 23.9 Å². The number of benzene rings is 1. The summed E-state index contributed by atoms with van der Waals surface area (Å²) >= 11 is 0. The highest BCUT2D eigenvalue weighted by molar-refractivity contribution is 6.03. The van der Waals surface area contributed by atoms with Crippen LogP contribution >= 0.6 is 0 Å². The van der Waals surface area contributed by atoms with E-state index in [0.29, 0.717) is 12.8 Å². The average molecular weight is 439 g/mol. The van der Waals surface area contributed by atoms with Gasteiger partial charge in [-0.25, -0.2) is 0 Å². The van der Waals surface area contributed by atoms with Crippen LogP contribution in [0.15, 0.2) is 18.2 Å². The molecule has 0 saturated carbocycles. The summed E-state index contributed by atoms with van der Waals surface area (Å²) in [6.07, 6.45) is 2.17. The first kappa shape index (κ1) is 21.4. The van der Waals surface area contributed by atoms with Crippen LogP contribution in [0.25, 0.3) is 10.9 Å². The van der Waals surface area contributed by atoms with Gasteiger partial charge in [-0.2, -0.15) is 5.10 Å². The van der Waals surface area contributed by atoms with E-state index in [2.05, 4.69) is 45.6 Å². The Morgan fingerprint density at radius 3 is 2.69 bits per heavy atom. The van der Waals surface area contributed by atoms with Crippen molar-refractivity contribution >= 4 is 28.4 Å². The second kappa shape index (κ2) is 8.83. The van der Waals surface area contributed by atoms with Gasteiger partial charge in [0, 0.05) is 51.6 Å². The van der Waals surface area contributed by atoms with Gasteiger partial charge in [0.1, 0.15) is 0 Å². The highest BCUT2D eigenvalue weighted by Crippen LogP contribution is 2.35. The fourth-order valence-corrected chi connectivity index (χ4v) is 5.65. The zero-order valence-corrected chi connectivity index (χ0v) is 19.1. The first-order valence-electron chi connectivity index (χ1n) is 12.0. The van der Waals surface area contributed by atoms with Gasteiger partial charge in [-0.1, -0.05) is 19.1 Å². The number of piperidine rings is 2. The molecule has 32 heavy (non-hydrogen) atoms. The minimum atomic E-state index is -0.365. The van der Waals surface area contributed by atoms with Crippen molar-refractivity contribution in [1.82, 2.24) is 25.3 Å². The molecule has 8 nitrogen and oxygen atoms in total. The molecule has 172 valence electrons. The number of hydrogen-bond acceptors (Lipinski definition) is 6. The summed E-state index contributed by atoms with van der Waals surface area (Å²) < 4.78 is 1.91. The second-order valence-corrected chi connectivity index (χ2v) is 9.70. The molecule has 2 N–H and O–H groups in total. The minimum absolute atomic E-state index is 0.191. The van der Waals surface area contributed by atoms with E-state index >= 15 is 0 Å². The van der Waals surface area contributed by atoms with Gasteiger partial charge in [0.15, 0.2) is 0 Å². The maximum Gasteiger partial charge on any atom is 0.235 e. The zero-order chi connectivity index (χ0) is 22.2. The van der Waals surface area contributed by atoms with E-state index in [4.69, 9.17) is 5.10 Å². The van der Waals surface area contributed by atoms with Gasteiger partial charge in [0.25, 0.3) is 0 Å². The Kier molecular flexibility index (Phi) is 5.90. The monoisotopic (exact) mass is 438 g/mol. The number of hydrogen-bond donors (Lipinski definition) is 2. The molecule has 3 atom stereocenters. The van der Waals surface area contributed by atoms with Crippen LogP contribution in [0.3, 0.4) is 0 Å². The van der Waals surface area contributed by atoms with Crippen LogP contribution in [-0.4, -0.2) is 72.3 Å². The lowest BCUT2D eigenvalue weighted by Crippen LogP contribution is -2.50. The number of carbonyl (C=O) groups excluding carboxylic acids is 2. The third-order valence-electron chi connectivity index (χ3n) is 7.61. The summed E-state index contributed by atoms with van der Waals surface area (Å²) in [7, 11) is 1.95. The number of amides is 2. The van der Waals surface area contributed by atoms with E-state index in [0.717, 1.165) is 67.7 Å². The fraction of sp³-hybridized carbons (Fsp3) is 0.625. The zero-order valence-electron chi connectivity index (χ0n) is 19.1. The Morgan fingerprint density at radius 1 is 1.12 bits per heavy atom. The number of aryl methyl sites for hydroxylation is 1. The molecule has 2 aromatic rings. The SMILES string of the molecule is C[C@@H]1CNCC[C@H]1CN1CCN(c2cccc3c(C4CCC(=O)NC4=O)nn(C)c23)CC1. The van der Waals surface area contributed by atoms with Gasteiger partial charge in [0.05, 0.1) is 22.8 Å². The largest absolute Gasteiger partial charge is 0.367 e.